The Bertz CT molecular complexity index is 836. The van der Waals surface area contributed by atoms with E-state index in [1.165, 1.54) is 0 Å². The predicted molar refractivity (Wildman–Crippen MR) is 102 cm³/mol. The smallest absolute Gasteiger partial charge is 0.249 e. The van der Waals surface area contributed by atoms with Gasteiger partial charge in [-0.3, -0.25) is 14.6 Å². The van der Waals surface area contributed by atoms with E-state index in [0.717, 1.165) is 29.7 Å². The van der Waals surface area contributed by atoms with Crippen LogP contribution in [0.2, 0.25) is 0 Å². The number of aliphatic hydroxyl groups is 1. The maximum Gasteiger partial charge on any atom is 0.249 e. The van der Waals surface area contributed by atoms with Crippen molar-refractivity contribution in [1.82, 2.24) is 9.88 Å². The molecule has 7 nitrogen and oxygen atoms in total. The summed E-state index contributed by atoms with van der Waals surface area (Å²) in [4.78, 5) is 30.0. The summed E-state index contributed by atoms with van der Waals surface area (Å²) in [5, 5.41) is 12.9. The molecule has 1 aromatic carbocycles. The lowest BCUT2D eigenvalue weighted by Gasteiger charge is -2.40. The lowest BCUT2D eigenvalue weighted by Crippen LogP contribution is -2.52. The number of rotatable bonds is 6. The first-order valence-electron chi connectivity index (χ1n) is 9.47. The Hall–Kier alpha value is -2.77. The molecule has 1 aliphatic carbocycles. The van der Waals surface area contributed by atoms with Gasteiger partial charge in [0, 0.05) is 30.5 Å². The van der Waals surface area contributed by atoms with Gasteiger partial charge in [-0.2, -0.15) is 0 Å². The van der Waals surface area contributed by atoms with Gasteiger partial charge in [-0.25, -0.2) is 0 Å². The molecule has 146 valence electrons. The molecule has 0 spiro atoms. The second-order valence-electron chi connectivity index (χ2n) is 7.25. The SMILES string of the molecule is O=C(Nc1ccc(C2OCC(=O)N(Cc3cccnc3)C2CO)cc1)C1CC1. The molecule has 2 amide bonds. The lowest BCUT2D eigenvalue weighted by molar-refractivity contribution is -0.162. The number of pyridine rings is 1. The van der Waals surface area contributed by atoms with E-state index in [2.05, 4.69) is 10.3 Å². The van der Waals surface area contributed by atoms with Crippen LogP contribution >= 0.6 is 0 Å². The molecular formula is C21H23N3O4. The van der Waals surface area contributed by atoms with Gasteiger partial charge < -0.3 is 20.1 Å². The number of amides is 2. The molecule has 2 unspecified atom stereocenters. The molecule has 7 heteroatoms. The Kier molecular flexibility index (Phi) is 5.36. The fraction of sp³-hybridized carbons (Fsp3) is 0.381. The quantitative estimate of drug-likeness (QED) is 0.797. The summed E-state index contributed by atoms with van der Waals surface area (Å²) in [6.07, 6.45) is 4.87. The van der Waals surface area contributed by atoms with Crippen LogP contribution in [-0.2, 0) is 20.9 Å². The molecule has 1 aliphatic heterocycles. The normalized spacial score (nSPS) is 22.2. The Morgan fingerprint density at radius 2 is 2.04 bits per heavy atom. The first-order valence-corrected chi connectivity index (χ1v) is 9.47. The number of anilines is 1. The highest BCUT2D eigenvalue weighted by Crippen LogP contribution is 2.32. The van der Waals surface area contributed by atoms with E-state index in [0.29, 0.717) is 6.54 Å². The number of aromatic nitrogens is 1. The van der Waals surface area contributed by atoms with E-state index in [9.17, 15) is 14.7 Å². The van der Waals surface area contributed by atoms with Gasteiger partial charge in [-0.1, -0.05) is 18.2 Å². The number of hydrogen-bond acceptors (Lipinski definition) is 5. The average Bonchev–Trinajstić information content (AvgIpc) is 3.56. The predicted octanol–water partition coefficient (Wildman–Crippen LogP) is 1.89. The van der Waals surface area contributed by atoms with Crippen LogP contribution < -0.4 is 5.32 Å². The van der Waals surface area contributed by atoms with E-state index in [1.54, 1.807) is 17.3 Å². The first-order chi connectivity index (χ1) is 13.7. The molecule has 0 bridgehead atoms. The third kappa shape index (κ3) is 4.05. The van der Waals surface area contributed by atoms with Gasteiger partial charge in [0.2, 0.25) is 11.8 Å². The van der Waals surface area contributed by atoms with E-state index in [4.69, 9.17) is 4.74 Å². The summed E-state index contributed by atoms with van der Waals surface area (Å²) in [5.41, 5.74) is 2.49. The van der Waals surface area contributed by atoms with Crippen molar-refractivity contribution in [1.29, 1.82) is 0 Å². The molecule has 2 atom stereocenters. The minimum Gasteiger partial charge on any atom is -0.394 e. The molecule has 2 aliphatic rings. The van der Waals surface area contributed by atoms with Gasteiger partial charge in [-0.15, -0.1) is 0 Å². The third-order valence-corrected chi connectivity index (χ3v) is 5.17. The summed E-state index contributed by atoms with van der Waals surface area (Å²) in [6.45, 7) is 0.117. The largest absolute Gasteiger partial charge is 0.394 e. The minimum absolute atomic E-state index is 0.0401. The highest BCUT2D eigenvalue weighted by Gasteiger charge is 2.37. The van der Waals surface area contributed by atoms with Gasteiger partial charge in [0.05, 0.1) is 12.6 Å². The monoisotopic (exact) mass is 381 g/mol. The van der Waals surface area contributed by atoms with Crippen LogP contribution in [0, 0.1) is 5.92 Å². The molecule has 1 aromatic heterocycles. The number of nitrogens with zero attached hydrogens (tertiary/aromatic N) is 2. The van der Waals surface area contributed by atoms with Crippen molar-refractivity contribution >= 4 is 17.5 Å². The molecular weight excluding hydrogens is 358 g/mol. The lowest BCUT2D eigenvalue weighted by atomic mass is 9.98. The van der Waals surface area contributed by atoms with Crippen molar-refractivity contribution in [2.24, 2.45) is 5.92 Å². The topological polar surface area (TPSA) is 91.8 Å². The van der Waals surface area contributed by atoms with Crippen LogP contribution in [0.15, 0.2) is 48.8 Å². The second kappa shape index (κ2) is 8.08. The van der Waals surface area contributed by atoms with Crippen LogP contribution in [0.25, 0.3) is 0 Å². The summed E-state index contributed by atoms with van der Waals surface area (Å²) in [6, 6.07) is 10.6. The number of aliphatic hydroxyl groups excluding tert-OH is 1. The van der Waals surface area contributed by atoms with E-state index < -0.39 is 12.1 Å². The number of benzene rings is 1. The zero-order valence-corrected chi connectivity index (χ0v) is 15.5. The second-order valence-corrected chi connectivity index (χ2v) is 7.25. The maximum absolute atomic E-state index is 12.4. The van der Waals surface area contributed by atoms with Gasteiger partial charge in [0.15, 0.2) is 0 Å². The van der Waals surface area contributed by atoms with E-state index >= 15 is 0 Å². The highest BCUT2D eigenvalue weighted by molar-refractivity contribution is 5.94. The maximum atomic E-state index is 12.4. The highest BCUT2D eigenvalue weighted by atomic mass is 16.5. The number of nitrogens with one attached hydrogen (secondary N) is 1. The molecule has 1 saturated carbocycles. The number of ether oxygens (including phenoxy) is 1. The van der Waals surface area contributed by atoms with Crippen molar-refractivity contribution in [3.05, 3.63) is 59.9 Å². The number of carbonyl (C=O) groups excluding carboxylic acids is 2. The van der Waals surface area contributed by atoms with E-state index in [-0.39, 0.29) is 30.9 Å². The van der Waals surface area contributed by atoms with Gasteiger partial charge in [0.25, 0.3) is 0 Å². The van der Waals surface area contributed by atoms with Crippen LogP contribution in [0.5, 0.6) is 0 Å². The Labute approximate surface area is 163 Å². The average molecular weight is 381 g/mol. The molecule has 4 rings (SSSR count). The van der Waals surface area contributed by atoms with Crippen molar-refractivity contribution < 1.29 is 19.4 Å². The zero-order chi connectivity index (χ0) is 19.5. The number of hydrogen-bond donors (Lipinski definition) is 2. The third-order valence-electron chi connectivity index (χ3n) is 5.17. The molecule has 2 heterocycles. The molecule has 2 N–H and O–H groups in total. The fourth-order valence-electron chi connectivity index (χ4n) is 3.46. The fourth-order valence-corrected chi connectivity index (χ4v) is 3.46. The summed E-state index contributed by atoms with van der Waals surface area (Å²) in [7, 11) is 0. The van der Waals surface area contributed by atoms with Crippen molar-refractivity contribution in [3.63, 3.8) is 0 Å². The number of morpholine rings is 1. The molecule has 28 heavy (non-hydrogen) atoms. The number of carbonyl (C=O) groups is 2. The van der Waals surface area contributed by atoms with Crippen LogP contribution in [0.3, 0.4) is 0 Å². The molecule has 2 aromatic rings. The Balaban J connectivity index is 1.49. The zero-order valence-electron chi connectivity index (χ0n) is 15.5. The van der Waals surface area contributed by atoms with Crippen molar-refractivity contribution in [2.75, 3.05) is 18.5 Å². The first kappa shape index (κ1) is 18.6. The van der Waals surface area contributed by atoms with Gasteiger partial charge in [0.1, 0.15) is 12.7 Å². The minimum atomic E-state index is -0.492. The summed E-state index contributed by atoms with van der Waals surface area (Å²) in [5.74, 6) is 0.0442. The van der Waals surface area contributed by atoms with Crippen LogP contribution in [-0.4, -0.2) is 46.1 Å². The molecule has 2 fully saturated rings. The van der Waals surface area contributed by atoms with Gasteiger partial charge in [-0.05, 0) is 42.2 Å². The molecule has 0 radical (unpaired) electrons. The van der Waals surface area contributed by atoms with Crippen molar-refractivity contribution in [2.45, 2.75) is 31.5 Å². The molecule has 1 saturated heterocycles. The van der Waals surface area contributed by atoms with Crippen molar-refractivity contribution in [3.8, 4) is 0 Å². The summed E-state index contributed by atoms with van der Waals surface area (Å²) >= 11 is 0. The van der Waals surface area contributed by atoms with Gasteiger partial charge >= 0.3 is 0 Å². The summed E-state index contributed by atoms with van der Waals surface area (Å²) < 4.78 is 5.76. The Morgan fingerprint density at radius 3 is 2.68 bits per heavy atom. The standard InChI is InChI=1S/C21H23N3O4/c25-12-18-20(15-5-7-17(8-6-15)23-21(27)16-3-4-16)28-13-19(26)24(18)11-14-2-1-9-22-10-14/h1-2,5-10,16,18,20,25H,3-4,11-13H2,(H,23,27). The Morgan fingerprint density at radius 1 is 1.25 bits per heavy atom. The van der Waals surface area contributed by atoms with Crippen LogP contribution in [0.4, 0.5) is 5.69 Å². The van der Waals surface area contributed by atoms with E-state index in [1.807, 2.05) is 36.4 Å². The van der Waals surface area contributed by atoms with Crippen LogP contribution in [0.1, 0.15) is 30.1 Å².